The smallest absolute Gasteiger partial charge is 0.419 e. The van der Waals surface area contributed by atoms with Crippen LogP contribution in [-0.2, 0) is 15.7 Å². The lowest BCUT2D eigenvalue weighted by atomic mass is 10.2. The third kappa shape index (κ3) is 6.23. The van der Waals surface area contributed by atoms with Gasteiger partial charge in [-0.3, -0.25) is 10.2 Å². The van der Waals surface area contributed by atoms with Gasteiger partial charge in [-0.1, -0.05) is 23.2 Å². The molecule has 0 fully saturated rings. The lowest BCUT2D eigenvalue weighted by Crippen LogP contribution is -2.09. The maximum absolute atomic E-state index is 12.6. The van der Waals surface area contributed by atoms with Crippen LogP contribution in [-0.4, -0.2) is 23.3 Å². The molecule has 0 aliphatic carbocycles. The Hall–Kier alpha value is -1.54. The fourth-order valence-electron chi connectivity index (χ4n) is 1.46. The van der Waals surface area contributed by atoms with E-state index in [9.17, 15) is 18.0 Å². The highest BCUT2D eigenvalue weighted by atomic mass is 35.5. The first-order valence-corrected chi connectivity index (χ1v) is 7.28. The number of aromatic nitrogens is 1. The molecule has 1 N–H and O–H groups in total. The third-order valence-corrected chi connectivity index (χ3v) is 3.16. The first-order valence-electron chi connectivity index (χ1n) is 6.53. The summed E-state index contributed by atoms with van der Waals surface area (Å²) < 4.78 is 42.7. The van der Waals surface area contributed by atoms with Crippen LogP contribution in [0.4, 0.5) is 19.0 Å². The largest absolute Gasteiger partial charge is 0.466 e. The van der Waals surface area contributed by atoms with Crippen molar-refractivity contribution in [2.45, 2.75) is 32.9 Å². The molecule has 5 nitrogen and oxygen atoms in total. The number of nitrogens with one attached hydrogen (secondary N) is 1. The molecule has 1 aromatic heterocycles. The summed E-state index contributed by atoms with van der Waals surface area (Å²) in [5, 5.41) is 2.89. The van der Waals surface area contributed by atoms with Crippen LogP contribution in [0.2, 0.25) is 10.2 Å². The highest BCUT2D eigenvalue weighted by Gasteiger charge is 2.34. The van der Waals surface area contributed by atoms with Crippen molar-refractivity contribution in [2.24, 2.45) is 5.10 Å². The number of esters is 1. The number of hydrogen-bond donors (Lipinski definition) is 1. The lowest BCUT2D eigenvalue weighted by molar-refractivity contribution is -0.143. The third-order valence-electron chi connectivity index (χ3n) is 2.58. The number of hydrogen-bond acceptors (Lipinski definition) is 5. The predicted molar refractivity (Wildman–Crippen MR) is 81.9 cm³/mol. The van der Waals surface area contributed by atoms with Crippen molar-refractivity contribution < 1.29 is 22.7 Å². The van der Waals surface area contributed by atoms with Gasteiger partial charge < -0.3 is 4.74 Å². The molecule has 128 valence electrons. The molecule has 0 saturated heterocycles. The fourth-order valence-corrected chi connectivity index (χ4v) is 1.90. The molecule has 0 bridgehead atoms. The van der Waals surface area contributed by atoms with E-state index in [2.05, 4.69) is 15.5 Å². The van der Waals surface area contributed by atoms with Crippen LogP contribution in [0, 0.1) is 0 Å². The molecule has 0 saturated carbocycles. The van der Waals surface area contributed by atoms with Crippen LogP contribution >= 0.6 is 23.2 Å². The van der Waals surface area contributed by atoms with Gasteiger partial charge in [-0.2, -0.15) is 18.3 Å². The van der Waals surface area contributed by atoms with Gasteiger partial charge >= 0.3 is 12.1 Å². The Bertz CT molecular complexity index is 607. The summed E-state index contributed by atoms with van der Waals surface area (Å²) in [5.74, 6) is -0.476. The van der Waals surface area contributed by atoms with E-state index in [1.54, 1.807) is 13.8 Å². The molecule has 0 amide bonds. The molecule has 0 aliphatic rings. The summed E-state index contributed by atoms with van der Waals surface area (Å²) >= 11 is 11.2. The number of nitrogens with zero attached hydrogens (tertiary/aromatic N) is 2. The zero-order valence-electron chi connectivity index (χ0n) is 12.3. The van der Waals surface area contributed by atoms with Gasteiger partial charge in [-0.15, -0.1) is 0 Å². The summed E-state index contributed by atoms with van der Waals surface area (Å²) in [6, 6.07) is 0.669. The molecule has 23 heavy (non-hydrogen) atoms. The van der Waals surface area contributed by atoms with Gasteiger partial charge in [0.2, 0.25) is 0 Å². The minimum atomic E-state index is -4.65. The quantitative estimate of drug-likeness (QED) is 0.345. The van der Waals surface area contributed by atoms with Crippen LogP contribution in [0.5, 0.6) is 0 Å². The number of halogens is 5. The summed E-state index contributed by atoms with van der Waals surface area (Å²) in [6.07, 6.45) is -4.19. The number of carbonyl (C=O) groups excluding carboxylic acids is 1. The van der Waals surface area contributed by atoms with Crippen molar-refractivity contribution in [3.8, 4) is 0 Å². The molecule has 0 aromatic carbocycles. The molecule has 0 radical (unpaired) electrons. The molecule has 0 atom stereocenters. The molecular weight excluding hydrogens is 358 g/mol. The molecular formula is C13H14Cl2F3N3O2. The highest BCUT2D eigenvalue weighted by Crippen LogP contribution is 2.37. The van der Waals surface area contributed by atoms with E-state index in [1.165, 1.54) is 0 Å². The standard InChI is InChI=1S/C13H14Cl2F3N3O2/c1-3-23-10(22)5-4-7(2)20-21-12-9(14)6-8(11(15)19-12)13(16,17)18/h6H,3-5H2,1-2H3,(H,19,21)/b20-7+. The monoisotopic (exact) mass is 371 g/mol. The van der Waals surface area contributed by atoms with E-state index in [1.807, 2.05) is 0 Å². The van der Waals surface area contributed by atoms with Crippen LogP contribution in [0.1, 0.15) is 32.3 Å². The molecule has 1 heterocycles. The lowest BCUT2D eigenvalue weighted by Gasteiger charge is -2.11. The van der Waals surface area contributed by atoms with Crippen LogP contribution in [0.3, 0.4) is 0 Å². The number of alkyl halides is 3. The van der Waals surface area contributed by atoms with Gasteiger partial charge in [0.15, 0.2) is 5.82 Å². The fraction of sp³-hybridized carbons (Fsp3) is 0.462. The Morgan fingerprint density at radius 3 is 2.61 bits per heavy atom. The van der Waals surface area contributed by atoms with Gasteiger partial charge in [0.05, 0.1) is 23.6 Å². The molecule has 0 aliphatic heterocycles. The second-order valence-electron chi connectivity index (χ2n) is 4.42. The number of rotatable bonds is 6. The summed E-state index contributed by atoms with van der Waals surface area (Å²) in [4.78, 5) is 14.7. The van der Waals surface area contributed by atoms with E-state index in [0.29, 0.717) is 18.2 Å². The van der Waals surface area contributed by atoms with Gasteiger partial charge in [0.25, 0.3) is 0 Å². The maximum atomic E-state index is 12.6. The SMILES string of the molecule is CCOC(=O)CC/C(C)=N/Nc1nc(Cl)c(C(F)(F)F)cc1Cl. The predicted octanol–water partition coefficient (Wildman–Crippen LogP) is 4.54. The highest BCUT2D eigenvalue weighted by molar-refractivity contribution is 6.34. The maximum Gasteiger partial charge on any atom is 0.419 e. The second-order valence-corrected chi connectivity index (χ2v) is 5.18. The van der Waals surface area contributed by atoms with Gasteiger partial charge in [0.1, 0.15) is 5.15 Å². The molecule has 0 unspecified atom stereocenters. The summed E-state index contributed by atoms with van der Waals surface area (Å²) in [7, 11) is 0. The molecule has 0 spiro atoms. The minimum Gasteiger partial charge on any atom is -0.466 e. The Kier molecular flexibility index (Phi) is 7.08. The number of pyridine rings is 1. The van der Waals surface area contributed by atoms with E-state index in [0.717, 1.165) is 0 Å². The van der Waals surface area contributed by atoms with Crippen LogP contribution in [0.25, 0.3) is 0 Å². The number of carbonyl (C=O) groups is 1. The minimum absolute atomic E-state index is 0.111. The Morgan fingerprint density at radius 2 is 2.04 bits per heavy atom. The molecule has 1 rings (SSSR count). The Balaban J connectivity index is 2.76. The topological polar surface area (TPSA) is 63.6 Å². The first kappa shape index (κ1) is 19.5. The van der Waals surface area contributed by atoms with Crippen molar-refractivity contribution in [3.05, 3.63) is 21.8 Å². The van der Waals surface area contributed by atoms with Gasteiger partial charge in [-0.25, -0.2) is 4.98 Å². The summed E-state index contributed by atoms with van der Waals surface area (Å²) in [5.41, 5.74) is 1.82. The number of hydrazone groups is 1. The van der Waals surface area contributed by atoms with E-state index in [-0.39, 0.29) is 29.8 Å². The van der Waals surface area contributed by atoms with Crippen molar-refractivity contribution >= 4 is 40.7 Å². The second kappa shape index (κ2) is 8.35. The average Bonchev–Trinajstić information content (AvgIpc) is 2.44. The Labute approximate surface area is 140 Å². The average molecular weight is 372 g/mol. The van der Waals surface area contributed by atoms with Crippen molar-refractivity contribution in [3.63, 3.8) is 0 Å². The molecule has 1 aromatic rings. The van der Waals surface area contributed by atoms with E-state index in [4.69, 9.17) is 27.9 Å². The van der Waals surface area contributed by atoms with Gasteiger partial charge in [0, 0.05) is 5.71 Å². The van der Waals surface area contributed by atoms with Crippen molar-refractivity contribution in [1.29, 1.82) is 0 Å². The normalized spacial score (nSPS) is 12.2. The molecule has 10 heteroatoms. The van der Waals surface area contributed by atoms with Crippen molar-refractivity contribution in [2.75, 3.05) is 12.0 Å². The van der Waals surface area contributed by atoms with E-state index < -0.39 is 16.9 Å². The first-order chi connectivity index (χ1) is 10.6. The van der Waals surface area contributed by atoms with Crippen molar-refractivity contribution in [1.82, 2.24) is 4.98 Å². The van der Waals surface area contributed by atoms with Crippen LogP contribution in [0.15, 0.2) is 11.2 Å². The number of anilines is 1. The number of ether oxygens (including phenoxy) is 1. The van der Waals surface area contributed by atoms with E-state index >= 15 is 0 Å². The Morgan fingerprint density at radius 1 is 1.39 bits per heavy atom. The zero-order valence-corrected chi connectivity index (χ0v) is 13.8. The zero-order chi connectivity index (χ0) is 17.6. The van der Waals surface area contributed by atoms with Crippen LogP contribution < -0.4 is 5.43 Å². The summed E-state index contributed by atoms with van der Waals surface area (Å²) in [6.45, 7) is 3.62. The van der Waals surface area contributed by atoms with Gasteiger partial charge in [-0.05, 0) is 26.3 Å².